The van der Waals surface area contributed by atoms with Crippen molar-refractivity contribution >= 4 is 35.3 Å². The van der Waals surface area contributed by atoms with Gasteiger partial charge in [0, 0.05) is 24.5 Å². The van der Waals surface area contributed by atoms with E-state index in [-0.39, 0.29) is 35.5 Å². The average molecular weight is 666 g/mol. The Morgan fingerprint density at radius 3 is 2.27 bits per heavy atom. The summed E-state index contributed by atoms with van der Waals surface area (Å²) in [5.74, 6) is -3.33. The molecule has 3 saturated carbocycles. The van der Waals surface area contributed by atoms with Crippen LogP contribution in [0.1, 0.15) is 115 Å². The number of hydrogen-bond donors (Lipinski definition) is 4. The van der Waals surface area contributed by atoms with Crippen molar-refractivity contribution in [3.8, 4) is 0 Å². The van der Waals surface area contributed by atoms with Gasteiger partial charge in [-0.3, -0.25) is 33.8 Å². The highest BCUT2D eigenvalue weighted by Crippen LogP contribution is 2.44. The number of rotatable bonds is 13. The second-order valence-corrected chi connectivity index (χ2v) is 15.1. The quantitative estimate of drug-likeness (QED) is 0.232. The fraction of sp³-hybridized carbons (Fsp3) is 0.714. The fourth-order valence-corrected chi connectivity index (χ4v) is 7.63. The summed E-state index contributed by atoms with van der Waals surface area (Å²) in [5.41, 5.74) is -0.634. The van der Waals surface area contributed by atoms with Crippen LogP contribution in [0.25, 0.3) is 0 Å². The highest BCUT2D eigenvalue weighted by molar-refractivity contribution is 6.38. The summed E-state index contributed by atoms with van der Waals surface area (Å²) in [6.07, 6.45) is 13.4. The topological polar surface area (TPSA) is 180 Å². The van der Waals surface area contributed by atoms with Crippen LogP contribution in [0.4, 0.5) is 0 Å². The van der Waals surface area contributed by atoms with E-state index in [1.807, 2.05) is 27.7 Å². The van der Waals surface area contributed by atoms with Crippen molar-refractivity contribution in [2.24, 2.45) is 17.3 Å². The normalized spacial score (nSPS) is 24.2. The van der Waals surface area contributed by atoms with Gasteiger partial charge in [-0.1, -0.05) is 53.4 Å². The smallest absolute Gasteiger partial charge is 0.289 e. The molecule has 2 heterocycles. The minimum atomic E-state index is -0.989. The number of fused-ring (bicyclic) bond motifs is 2. The van der Waals surface area contributed by atoms with E-state index in [1.54, 1.807) is 4.90 Å². The summed E-state index contributed by atoms with van der Waals surface area (Å²) in [6, 6.07) is -3.83. The first-order valence-corrected chi connectivity index (χ1v) is 17.7. The van der Waals surface area contributed by atoms with Crippen LogP contribution in [0.15, 0.2) is 18.6 Å². The number of nitrogens with zero attached hydrogens (tertiary/aromatic N) is 3. The zero-order valence-corrected chi connectivity index (χ0v) is 28.6. The van der Waals surface area contributed by atoms with Crippen LogP contribution in [0.5, 0.6) is 0 Å². The number of likely N-dealkylation sites (tertiary alicyclic amines) is 1. The summed E-state index contributed by atoms with van der Waals surface area (Å²) in [6.45, 7) is 7.47. The Bertz CT molecular complexity index is 1370. The minimum absolute atomic E-state index is 0.0145. The summed E-state index contributed by atoms with van der Waals surface area (Å²) in [5, 5.41) is 11.4. The van der Waals surface area contributed by atoms with E-state index in [0.29, 0.717) is 19.3 Å². The number of piperidine rings is 1. The molecule has 13 heteroatoms. The van der Waals surface area contributed by atoms with E-state index in [9.17, 15) is 28.8 Å². The summed E-state index contributed by atoms with van der Waals surface area (Å²) >= 11 is 0. The molecular weight excluding hydrogens is 614 g/mol. The van der Waals surface area contributed by atoms with Crippen molar-refractivity contribution in [3.05, 3.63) is 24.3 Å². The molecule has 0 radical (unpaired) electrons. The number of amides is 5. The van der Waals surface area contributed by atoms with Gasteiger partial charge in [0.15, 0.2) is 0 Å². The Morgan fingerprint density at radius 1 is 0.917 bits per heavy atom. The van der Waals surface area contributed by atoms with Gasteiger partial charge in [0.25, 0.3) is 11.8 Å². The van der Waals surface area contributed by atoms with Crippen molar-refractivity contribution in [2.45, 2.75) is 141 Å². The molecule has 0 aromatic carbocycles. The number of carbonyl (C=O) groups excluding carboxylic acids is 6. The maximum Gasteiger partial charge on any atom is 0.289 e. The SMILES string of the molecule is CCC[C@H](NC(=O)[C@@H]1C2CC[C@H](C2)N1C(=O)[C@H](NC(=O)[C@@H](NC(=O)c1cnccn1)C1CCCCC1)C(C)(C)C)C(=O)C(=O)NC1CC1. The van der Waals surface area contributed by atoms with Crippen LogP contribution in [-0.2, 0) is 24.0 Å². The van der Waals surface area contributed by atoms with Gasteiger partial charge in [0.2, 0.25) is 23.5 Å². The minimum Gasteiger partial charge on any atom is -0.347 e. The first kappa shape index (κ1) is 35.4. The number of carbonyl (C=O) groups is 6. The molecule has 6 atom stereocenters. The van der Waals surface area contributed by atoms with Gasteiger partial charge < -0.3 is 26.2 Å². The molecule has 2 bridgehead atoms. The van der Waals surface area contributed by atoms with E-state index < -0.39 is 59.0 Å². The van der Waals surface area contributed by atoms with Crippen molar-refractivity contribution < 1.29 is 28.8 Å². The molecule has 1 saturated heterocycles. The second-order valence-electron chi connectivity index (χ2n) is 15.1. The number of nitrogens with one attached hydrogen (secondary N) is 4. The Hall–Kier alpha value is -3.90. The Kier molecular flexibility index (Phi) is 11.1. The lowest BCUT2D eigenvalue weighted by Crippen LogP contribution is -2.64. The van der Waals surface area contributed by atoms with Crippen LogP contribution >= 0.6 is 0 Å². The Morgan fingerprint density at radius 2 is 1.65 bits per heavy atom. The maximum atomic E-state index is 14.6. The molecule has 4 aliphatic rings. The summed E-state index contributed by atoms with van der Waals surface area (Å²) in [4.78, 5) is 91.0. The predicted octanol–water partition coefficient (Wildman–Crippen LogP) is 2.20. The lowest BCUT2D eigenvalue weighted by Gasteiger charge is -2.41. The van der Waals surface area contributed by atoms with Gasteiger partial charge in [-0.2, -0.15) is 0 Å². The molecule has 0 spiro atoms. The Labute approximate surface area is 282 Å². The number of aromatic nitrogens is 2. The number of hydrogen-bond acceptors (Lipinski definition) is 8. The van der Waals surface area contributed by atoms with E-state index >= 15 is 0 Å². The van der Waals surface area contributed by atoms with Crippen LogP contribution in [0.3, 0.4) is 0 Å². The third-order valence-corrected chi connectivity index (χ3v) is 10.3. The van der Waals surface area contributed by atoms with E-state index in [0.717, 1.165) is 57.8 Å². The Balaban J connectivity index is 1.34. The second kappa shape index (κ2) is 15.1. The van der Waals surface area contributed by atoms with Crippen molar-refractivity contribution in [2.75, 3.05) is 0 Å². The predicted molar refractivity (Wildman–Crippen MR) is 176 cm³/mol. The monoisotopic (exact) mass is 665 g/mol. The van der Waals surface area contributed by atoms with Crippen LogP contribution in [0, 0.1) is 17.3 Å². The van der Waals surface area contributed by atoms with Gasteiger partial charge >= 0.3 is 0 Å². The number of Topliss-reactive ketones (excluding diaryl/α,β-unsaturated/α-hetero) is 1. The van der Waals surface area contributed by atoms with Crippen molar-refractivity contribution in [1.29, 1.82) is 0 Å². The van der Waals surface area contributed by atoms with Crippen molar-refractivity contribution in [3.63, 3.8) is 0 Å². The molecule has 4 fully saturated rings. The maximum absolute atomic E-state index is 14.6. The molecule has 13 nitrogen and oxygen atoms in total. The lowest BCUT2D eigenvalue weighted by atomic mass is 9.81. The first-order chi connectivity index (χ1) is 22.9. The standard InChI is InChI=1S/C35H51N7O6/c1-5-9-24(28(43)33(47)38-22-13-14-22)39-32(46)27-21-12-15-23(18-21)42(27)34(48)29(35(2,3)4)41-31(45)26(20-10-7-6-8-11-20)40-30(44)25-19-36-16-17-37-25/h16-17,19-24,26-27,29H,5-15,18H2,1-4H3,(H,38,47)(H,39,46)(H,40,44)(H,41,45)/t21?,23-,24+,26+,27+,29+/m1/s1. The molecule has 5 amide bonds. The zero-order valence-electron chi connectivity index (χ0n) is 28.6. The molecule has 1 aromatic rings. The molecule has 1 aliphatic heterocycles. The van der Waals surface area contributed by atoms with Gasteiger partial charge in [-0.25, -0.2) is 4.98 Å². The highest BCUT2D eigenvalue weighted by atomic mass is 16.2. The average Bonchev–Trinajstić information content (AvgIpc) is 3.64. The van der Waals surface area contributed by atoms with Crippen LogP contribution in [0.2, 0.25) is 0 Å². The lowest BCUT2D eigenvalue weighted by molar-refractivity contribution is -0.149. The summed E-state index contributed by atoms with van der Waals surface area (Å²) < 4.78 is 0. The summed E-state index contributed by atoms with van der Waals surface area (Å²) in [7, 11) is 0. The molecule has 48 heavy (non-hydrogen) atoms. The van der Waals surface area contributed by atoms with E-state index in [1.165, 1.54) is 18.6 Å². The first-order valence-electron chi connectivity index (χ1n) is 17.7. The molecule has 4 N–H and O–H groups in total. The molecule has 1 unspecified atom stereocenters. The molecule has 3 aliphatic carbocycles. The largest absolute Gasteiger partial charge is 0.347 e. The van der Waals surface area contributed by atoms with E-state index in [2.05, 4.69) is 31.2 Å². The third kappa shape index (κ3) is 8.20. The molecule has 262 valence electrons. The van der Waals surface area contributed by atoms with Crippen LogP contribution < -0.4 is 21.3 Å². The molecular formula is C35H51N7O6. The molecule has 5 rings (SSSR count). The fourth-order valence-electron chi connectivity index (χ4n) is 7.63. The van der Waals surface area contributed by atoms with Crippen molar-refractivity contribution in [1.82, 2.24) is 36.1 Å². The third-order valence-electron chi connectivity index (χ3n) is 10.3. The van der Waals surface area contributed by atoms with Gasteiger partial charge in [-0.15, -0.1) is 0 Å². The zero-order chi connectivity index (χ0) is 34.6. The van der Waals surface area contributed by atoms with Crippen LogP contribution in [-0.4, -0.2) is 86.4 Å². The number of ketones is 1. The molecule has 1 aromatic heterocycles. The highest BCUT2D eigenvalue weighted by Gasteiger charge is 2.54. The van der Waals surface area contributed by atoms with Gasteiger partial charge in [0.1, 0.15) is 23.8 Å². The van der Waals surface area contributed by atoms with E-state index in [4.69, 9.17) is 0 Å². The van der Waals surface area contributed by atoms with Gasteiger partial charge in [0.05, 0.1) is 12.2 Å². The van der Waals surface area contributed by atoms with Gasteiger partial charge in [-0.05, 0) is 68.6 Å².